The number of sulfonamides is 1. The normalized spacial score (nSPS) is 10.9. The second kappa shape index (κ2) is 4.50. The monoisotopic (exact) mass is 262 g/mol. The molecule has 0 radical (unpaired) electrons. The zero-order valence-electron chi connectivity index (χ0n) is 9.53. The van der Waals surface area contributed by atoms with E-state index < -0.39 is 10.0 Å². The predicted octanol–water partition coefficient (Wildman–Crippen LogP) is 1.11. The smallest absolute Gasteiger partial charge is 0.281 e. The third-order valence-corrected chi connectivity index (χ3v) is 4.16. The lowest BCUT2D eigenvalue weighted by atomic mass is 10.2. The van der Waals surface area contributed by atoms with Crippen molar-refractivity contribution in [2.24, 2.45) is 0 Å². The summed E-state index contributed by atoms with van der Waals surface area (Å²) in [5, 5.41) is 8.80. The van der Waals surface area contributed by atoms with Gasteiger partial charge >= 0.3 is 0 Å². The first-order valence-corrected chi connectivity index (χ1v) is 6.47. The highest BCUT2D eigenvalue weighted by molar-refractivity contribution is 7.92. The van der Waals surface area contributed by atoms with Gasteiger partial charge in [-0.05, 0) is 18.2 Å². The maximum atomic E-state index is 12.2. The van der Waals surface area contributed by atoms with Gasteiger partial charge in [-0.1, -0.05) is 6.07 Å². The van der Waals surface area contributed by atoms with Crippen molar-refractivity contribution in [2.45, 2.75) is 5.03 Å². The molecule has 0 saturated carbocycles. The standard InChI is InChI=1S/C11H10N4O2S/c1-15(10-4-2-3-9(5-10)6-12)18(16,17)11-7-13-8-14-11/h2-5,7-8H,1H3,(H,13,14). The average molecular weight is 262 g/mol. The van der Waals surface area contributed by atoms with E-state index in [-0.39, 0.29) is 5.03 Å². The van der Waals surface area contributed by atoms with Gasteiger partial charge in [0, 0.05) is 7.05 Å². The molecule has 6 nitrogen and oxygen atoms in total. The number of nitriles is 1. The van der Waals surface area contributed by atoms with E-state index in [0.717, 1.165) is 4.31 Å². The quantitative estimate of drug-likeness (QED) is 0.897. The van der Waals surface area contributed by atoms with Crippen LogP contribution in [-0.4, -0.2) is 25.4 Å². The molecule has 0 amide bonds. The van der Waals surface area contributed by atoms with Gasteiger partial charge < -0.3 is 4.98 Å². The van der Waals surface area contributed by atoms with Crippen LogP contribution in [-0.2, 0) is 10.0 Å². The Morgan fingerprint density at radius 3 is 2.83 bits per heavy atom. The zero-order chi connectivity index (χ0) is 13.2. The SMILES string of the molecule is CN(c1cccc(C#N)c1)S(=O)(=O)c1cnc[nH]1. The van der Waals surface area contributed by atoms with Crippen molar-refractivity contribution in [1.29, 1.82) is 5.26 Å². The fraction of sp³-hybridized carbons (Fsp3) is 0.0909. The number of hydrogen-bond acceptors (Lipinski definition) is 4. The number of aromatic amines is 1. The molecule has 2 aromatic rings. The molecule has 0 aliphatic rings. The average Bonchev–Trinajstić information content (AvgIpc) is 2.92. The van der Waals surface area contributed by atoms with E-state index in [2.05, 4.69) is 9.97 Å². The van der Waals surface area contributed by atoms with E-state index >= 15 is 0 Å². The lowest BCUT2D eigenvalue weighted by molar-refractivity contribution is 0.591. The molecule has 18 heavy (non-hydrogen) atoms. The first-order valence-electron chi connectivity index (χ1n) is 5.03. The van der Waals surface area contributed by atoms with Crippen molar-refractivity contribution < 1.29 is 8.42 Å². The predicted molar refractivity (Wildman–Crippen MR) is 65.3 cm³/mol. The van der Waals surface area contributed by atoms with Crippen molar-refractivity contribution >= 4 is 15.7 Å². The fourth-order valence-corrected chi connectivity index (χ4v) is 2.52. The molecule has 0 atom stereocenters. The molecule has 2 rings (SSSR count). The van der Waals surface area contributed by atoms with Crippen LogP contribution in [0.25, 0.3) is 0 Å². The molecule has 7 heteroatoms. The molecular formula is C11H10N4O2S. The number of hydrogen-bond donors (Lipinski definition) is 1. The van der Waals surface area contributed by atoms with Gasteiger partial charge in [0.1, 0.15) is 0 Å². The summed E-state index contributed by atoms with van der Waals surface area (Å²) < 4.78 is 25.4. The van der Waals surface area contributed by atoms with Gasteiger partial charge in [0.15, 0.2) is 5.03 Å². The number of rotatable bonds is 3. The Labute approximate surface area is 105 Å². The van der Waals surface area contributed by atoms with Crippen LogP contribution in [0.1, 0.15) is 5.56 Å². The summed E-state index contributed by atoms with van der Waals surface area (Å²) in [6.07, 6.45) is 2.53. The highest BCUT2D eigenvalue weighted by Gasteiger charge is 2.22. The summed E-state index contributed by atoms with van der Waals surface area (Å²) in [4.78, 5) is 6.24. The van der Waals surface area contributed by atoms with E-state index in [9.17, 15) is 8.42 Å². The minimum absolute atomic E-state index is 0.00682. The Balaban J connectivity index is 2.43. The van der Waals surface area contributed by atoms with Crippen LogP contribution >= 0.6 is 0 Å². The lowest BCUT2D eigenvalue weighted by Crippen LogP contribution is -2.26. The van der Waals surface area contributed by atoms with Crippen LogP contribution in [0, 0.1) is 11.3 Å². The Hall–Kier alpha value is -2.33. The molecule has 1 N–H and O–H groups in total. The summed E-state index contributed by atoms with van der Waals surface area (Å²) in [7, 11) is -2.24. The van der Waals surface area contributed by atoms with E-state index in [4.69, 9.17) is 5.26 Å². The summed E-state index contributed by atoms with van der Waals surface area (Å²) >= 11 is 0. The summed E-state index contributed by atoms with van der Waals surface area (Å²) in [6, 6.07) is 8.34. The summed E-state index contributed by atoms with van der Waals surface area (Å²) in [5.74, 6) is 0. The molecule has 0 aliphatic heterocycles. The Morgan fingerprint density at radius 1 is 1.44 bits per heavy atom. The molecular weight excluding hydrogens is 252 g/mol. The molecule has 0 saturated heterocycles. The molecule has 0 bridgehead atoms. The molecule has 0 aliphatic carbocycles. The fourth-order valence-electron chi connectivity index (χ4n) is 1.44. The molecule has 0 unspecified atom stereocenters. The maximum absolute atomic E-state index is 12.2. The number of benzene rings is 1. The van der Waals surface area contributed by atoms with Crippen molar-refractivity contribution in [3.63, 3.8) is 0 Å². The minimum atomic E-state index is -3.67. The van der Waals surface area contributed by atoms with Gasteiger partial charge in [-0.3, -0.25) is 4.31 Å². The van der Waals surface area contributed by atoms with Gasteiger partial charge in [0.25, 0.3) is 10.0 Å². The van der Waals surface area contributed by atoms with Crippen LogP contribution < -0.4 is 4.31 Å². The minimum Gasteiger partial charge on any atom is -0.334 e. The van der Waals surface area contributed by atoms with E-state index in [1.165, 1.54) is 25.6 Å². The molecule has 0 spiro atoms. The van der Waals surface area contributed by atoms with E-state index in [0.29, 0.717) is 11.3 Å². The first-order chi connectivity index (χ1) is 8.55. The maximum Gasteiger partial charge on any atom is 0.281 e. The number of imidazole rings is 1. The van der Waals surface area contributed by atoms with Gasteiger partial charge in [0.05, 0.1) is 29.8 Å². The van der Waals surface area contributed by atoms with E-state index in [1.54, 1.807) is 18.2 Å². The Bertz CT molecular complexity index is 686. The van der Waals surface area contributed by atoms with Gasteiger partial charge in [-0.25, -0.2) is 4.98 Å². The van der Waals surface area contributed by atoms with E-state index in [1.807, 2.05) is 6.07 Å². The second-order valence-corrected chi connectivity index (χ2v) is 5.49. The largest absolute Gasteiger partial charge is 0.334 e. The van der Waals surface area contributed by atoms with Crippen molar-refractivity contribution in [2.75, 3.05) is 11.4 Å². The number of aromatic nitrogens is 2. The van der Waals surface area contributed by atoms with Crippen LogP contribution in [0.5, 0.6) is 0 Å². The number of H-pyrrole nitrogens is 1. The number of anilines is 1. The highest BCUT2D eigenvalue weighted by atomic mass is 32.2. The van der Waals surface area contributed by atoms with Crippen LogP contribution in [0.2, 0.25) is 0 Å². The lowest BCUT2D eigenvalue weighted by Gasteiger charge is -2.18. The number of nitrogens with zero attached hydrogens (tertiary/aromatic N) is 3. The van der Waals surface area contributed by atoms with Crippen molar-refractivity contribution in [3.05, 3.63) is 42.4 Å². The summed E-state index contributed by atoms with van der Waals surface area (Å²) in [6.45, 7) is 0. The third kappa shape index (κ3) is 2.06. The Morgan fingerprint density at radius 2 is 2.22 bits per heavy atom. The Kier molecular flexibility index (Phi) is 3.04. The highest BCUT2D eigenvalue weighted by Crippen LogP contribution is 2.21. The van der Waals surface area contributed by atoms with Gasteiger partial charge in [-0.2, -0.15) is 13.7 Å². The van der Waals surface area contributed by atoms with Crippen molar-refractivity contribution in [1.82, 2.24) is 9.97 Å². The third-order valence-electron chi connectivity index (χ3n) is 2.45. The van der Waals surface area contributed by atoms with Crippen LogP contribution in [0.4, 0.5) is 5.69 Å². The molecule has 1 aromatic heterocycles. The van der Waals surface area contributed by atoms with Gasteiger partial charge in [0.2, 0.25) is 0 Å². The second-order valence-electron chi connectivity index (χ2n) is 3.55. The van der Waals surface area contributed by atoms with Crippen LogP contribution in [0.15, 0.2) is 41.8 Å². The molecule has 1 aromatic carbocycles. The van der Waals surface area contributed by atoms with Crippen LogP contribution in [0.3, 0.4) is 0 Å². The molecule has 1 heterocycles. The van der Waals surface area contributed by atoms with Crippen molar-refractivity contribution in [3.8, 4) is 6.07 Å². The first kappa shape index (κ1) is 12.1. The number of nitrogens with one attached hydrogen (secondary N) is 1. The molecule has 0 fully saturated rings. The summed E-state index contributed by atoms with van der Waals surface area (Å²) in [5.41, 5.74) is 0.822. The topological polar surface area (TPSA) is 89.8 Å². The molecule has 92 valence electrons. The zero-order valence-corrected chi connectivity index (χ0v) is 10.3. The van der Waals surface area contributed by atoms with Gasteiger partial charge in [-0.15, -0.1) is 0 Å².